The Morgan fingerprint density at radius 2 is 2.00 bits per heavy atom. The minimum Gasteiger partial charge on any atom is -0.352 e. The highest BCUT2D eigenvalue weighted by molar-refractivity contribution is 5.76. The minimum atomic E-state index is 0.0982. The molecule has 1 aromatic rings. The number of hydrogen-bond donors (Lipinski definition) is 2. The van der Waals surface area contributed by atoms with Gasteiger partial charge in [0.05, 0.1) is 0 Å². The summed E-state index contributed by atoms with van der Waals surface area (Å²) in [6.07, 6.45) is 2.25. The van der Waals surface area contributed by atoms with Crippen LogP contribution < -0.4 is 11.1 Å². The SMILES string of the molecule is Cc1ccc(CCC(=O)NC(CN)CC(C)C)c(C)c1. The Balaban J connectivity index is 2.46. The third-order valence-electron chi connectivity index (χ3n) is 3.53. The van der Waals surface area contributed by atoms with Crippen LogP contribution in [0.1, 0.15) is 43.4 Å². The highest BCUT2D eigenvalue weighted by Gasteiger charge is 2.12. The highest BCUT2D eigenvalue weighted by Crippen LogP contribution is 2.12. The lowest BCUT2D eigenvalue weighted by atomic mass is 10.0. The van der Waals surface area contributed by atoms with Crippen LogP contribution in [-0.4, -0.2) is 18.5 Å². The molecule has 1 rings (SSSR count). The molecule has 0 fully saturated rings. The zero-order valence-corrected chi connectivity index (χ0v) is 13.2. The molecule has 3 N–H and O–H groups in total. The van der Waals surface area contributed by atoms with Crippen LogP contribution in [0.4, 0.5) is 0 Å². The van der Waals surface area contributed by atoms with Crippen molar-refractivity contribution in [2.24, 2.45) is 11.7 Å². The predicted molar refractivity (Wildman–Crippen MR) is 84.7 cm³/mol. The molecule has 0 saturated carbocycles. The molecule has 0 heterocycles. The van der Waals surface area contributed by atoms with Crippen molar-refractivity contribution in [2.75, 3.05) is 6.54 Å². The van der Waals surface area contributed by atoms with E-state index in [9.17, 15) is 4.79 Å². The zero-order chi connectivity index (χ0) is 15.1. The molecule has 0 aromatic heterocycles. The zero-order valence-electron chi connectivity index (χ0n) is 13.2. The summed E-state index contributed by atoms with van der Waals surface area (Å²) in [7, 11) is 0. The highest BCUT2D eigenvalue weighted by atomic mass is 16.1. The van der Waals surface area contributed by atoms with Crippen LogP contribution in [0.3, 0.4) is 0 Å². The number of nitrogens with two attached hydrogens (primary N) is 1. The molecule has 0 radical (unpaired) electrons. The number of rotatable bonds is 7. The molecule has 0 saturated heterocycles. The Morgan fingerprint density at radius 3 is 2.55 bits per heavy atom. The van der Waals surface area contributed by atoms with Crippen LogP contribution in [0, 0.1) is 19.8 Å². The van der Waals surface area contributed by atoms with Crippen molar-refractivity contribution in [2.45, 2.75) is 53.0 Å². The molecule has 3 heteroatoms. The molecule has 1 unspecified atom stereocenters. The average molecular weight is 276 g/mol. The van der Waals surface area contributed by atoms with Crippen molar-refractivity contribution in [1.29, 1.82) is 0 Å². The first-order chi connectivity index (χ1) is 9.42. The molecular weight excluding hydrogens is 248 g/mol. The topological polar surface area (TPSA) is 55.1 Å². The Labute approximate surface area is 122 Å². The summed E-state index contributed by atoms with van der Waals surface area (Å²) < 4.78 is 0. The first kappa shape index (κ1) is 16.7. The summed E-state index contributed by atoms with van der Waals surface area (Å²) in [6.45, 7) is 8.98. The van der Waals surface area contributed by atoms with Gasteiger partial charge in [-0.3, -0.25) is 4.79 Å². The number of benzene rings is 1. The molecule has 112 valence electrons. The van der Waals surface area contributed by atoms with Gasteiger partial charge in [0, 0.05) is 19.0 Å². The standard InChI is InChI=1S/C17H28N2O/c1-12(2)9-16(11-18)19-17(20)8-7-15-6-5-13(3)10-14(15)4/h5-6,10,12,16H,7-9,11,18H2,1-4H3,(H,19,20). The largest absolute Gasteiger partial charge is 0.352 e. The van der Waals surface area contributed by atoms with E-state index in [4.69, 9.17) is 5.73 Å². The number of amides is 1. The fraction of sp³-hybridized carbons (Fsp3) is 0.588. The maximum Gasteiger partial charge on any atom is 0.220 e. The fourth-order valence-corrected chi connectivity index (χ4v) is 2.46. The van der Waals surface area contributed by atoms with Gasteiger partial charge in [-0.2, -0.15) is 0 Å². The lowest BCUT2D eigenvalue weighted by Gasteiger charge is -2.19. The monoisotopic (exact) mass is 276 g/mol. The Morgan fingerprint density at radius 1 is 1.30 bits per heavy atom. The molecular formula is C17H28N2O. The summed E-state index contributed by atoms with van der Waals surface area (Å²) in [5.74, 6) is 0.643. The number of nitrogens with one attached hydrogen (secondary N) is 1. The molecule has 0 aliphatic carbocycles. The first-order valence-corrected chi connectivity index (χ1v) is 7.48. The number of hydrogen-bond acceptors (Lipinski definition) is 2. The minimum absolute atomic E-state index is 0.0982. The van der Waals surface area contributed by atoms with Crippen LogP contribution in [0.2, 0.25) is 0 Å². The van der Waals surface area contributed by atoms with Gasteiger partial charge < -0.3 is 11.1 Å². The van der Waals surface area contributed by atoms with Gasteiger partial charge in [-0.15, -0.1) is 0 Å². The maximum atomic E-state index is 12.0. The van der Waals surface area contributed by atoms with Gasteiger partial charge in [0.15, 0.2) is 0 Å². The van der Waals surface area contributed by atoms with Gasteiger partial charge >= 0.3 is 0 Å². The molecule has 0 spiro atoms. The third kappa shape index (κ3) is 5.74. The van der Waals surface area contributed by atoms with Crippen LogP contribution in [0.15, 0.2) is 18.2 Å². The molecule has 0 bridgehead atoms. The Bertz CT molecular complexity index is 441. The van der Waals surface area contributed by atoms with Gasteiger partial charge in [0.1, 0.15) is 0 Å². The second-order valence-electron chi connectivity index (χ2n) is 6.06. The lowest BCUT2D eigenvalue weighted by molar-refractivity contribution is -0.121. The number of carbonyl (C=O) groups is 1. The van der Waals surface area contributed by atoms with E-state index in [-0.39, 0.29) is 11.9 Å². The van der Waals surface area contributed by atoms with Gasteiger partial charge in [0.2, 0.25) is 5.91 Å². The summed E-state index contributed by atoms with van der Waals surface area (Å²) in [5, 5.41) is 3.04. The van der Waals surface area contributed by atoms with Crippen molar-refractivity contribution < 1.29 is 4.79 Å². The van der Waals surface area contributed by atoms with E-state index in [1.165, 1.54) is 16.7 Å². The van der Waals surface area contributed by atoms with Gasteiger partial charge in [-0.1, -0.05) is 37.6 Å². The van der Waals surface area contributed by atoms with E-state index < -0.39 is 0 Å². The summed E-state index contributed by atoms with van der Waals surface area (Å²) in [5.41, 5.74) is 9.47. The van der Waals surface area contributed by atoms with Crippen molar-refractivity contribution in [3.63, 3.8) is 0 Å². The third-order valence-corrected chi connectivity index (χ3v) is 3.53. The fourth-order valence-electron chi connectivity index (χ4n) is 2.46. The van der Waals surface area contributed by atoms with Crippen LogP contribution >= 0.6 is 0 Å². The molecule has 0 aliphatic heterocycles. The average Bonchev–Trinajstić information content (AvgIpc) is 2.36. The first-order valence-electron chi connectivity index (χ1n) is 7.48. The molecule has 3 nitrogen and oxygen atoms in total. The van der Waals surface area contributed by atoms with Crippen LogP contribution in [0.25, 0.3) is 0 Å². The predicted octanol–water partition coefficient (Wildman–Crippen LogP) is 2.73. The quantitative estimate of drug-likeness (QED) is 0.804. The lowest BCUT2D eigenvalue weighted by Crippen LogP contribution is -2.41. The molecule has 1 amide bonds. The van der Waals surface area contributed by atoms with E-state index in [0.29, 0.717) is 18.9 Å². The Kier molecular flexibility index (Phi) is 6.73. The number of aryl methyl sites for hydroxylation is 3. The van der Waals surface area contributed by atoms with Crippen molar-refractivity contribution in [3.05, 3.63) is 34.9 Å². The summed E-state index contributed by atoms with van der Waals surface area (Å²) in [4.78, 5) is 12.0. The smallest absolute Gasteiger partial charge is 0.220 e. The summed E-state index contributed by atoms with van der Waals surface area (Å²) >= 11 is 0. The van der Waals surface area contributed by atoms with Gasteiger partial charge in [-0.25, -0.2) is 0 Å². The van der Waals surface area contributed by atoms with E-state index in [0.717, 1.165) is 12.8 Å². The Hall–Kier alpha value is -1.35. The van der Waals surface area contributed by atoms with Crippen molar-refractivity contribution in [1.82, 2.24) is 5.32 Å². The van der Waals surface area contributed by atoms with E-state index in [2.05, 4.69) is 51.2 Å². The molecule has 1 aromatic carbocycles. The normalized spacial score (nSPS) is 12.5. The van der Waals surface area contributed by atoms with E-state index >= 15 is 0 Å². The summed E-state index contributed by atoms with van der Waals surface area (Å²) in [6, 6.07) is 6.48. The number of carbonyl (C=O) groups excluding carboxylic acids is 1. The maximum absolute atomic E-state index is 12.0. The van der Waals surface area contributed by atoms with Crippen LogP contribution in [0.5, 0.6) is 0 Å². The molecule has 0 aliphatic rings. The second kappa shape index (κ2) is 8.05. The van der Waals surface area contributed by atoms with Gasteiger partial charge in [-0.05, 0) is 43.7 Å². The van der Waals surface area contributed by atoms with E-state index in [1.807, 2.05) is 0 Å². The van der Waals surface area contributed by atoms with Gasteiger partial charge in [0.25, 0.3) is 0 Å². The molecule has 1 atom stereocenters. The molecule has 20 heavy (non-hydrogen) atoms. The second-order valence-corrected chi connectivity index (χ2v) is 6.06. The van der Waals surface area contributed by atoms with Crippen LogP contribution in [-0.2, 0) is 11.2 Å². The van der Waals surface area contributed by atoms with Crippen molar-refractivity contribution >= 4 is 5.91 Å². The van der Waals surface area contributed by atoms with Crippen molar-refractivity contribution in [3.8, 4) is 0 Å². The van der Waals surface area contributed by atoms with E-state index in [1.54, 1.807) is 0 Å².